The van der Waals surface area contributed by atoms with Gasteiger partial charge in [0.05, 0.1) is 5.69 Å². The highest BCUT2D eigenvalue weighted by Crippen LogP contribution is 2.32. The second-order valence-electron chi connectivity index (χ2n) is 7.36. The summed E-state index contributed by atoms with van der Waals surface area (Å²) in [5, 5.41) is 11.9. The van der Waals surface area contributed by atoms with E-state index in [9.17, 15) is 14.4 Å². The third-order valence-corrected chi connectivity index (χ3v) is 5.04. The number of carbonyl (C=O) groups excluding carboxylic acids is 3. The molecule has 0 bridgehead atoms. The highest BCUT2D eigenvalue weighted by atomic mass is 16.2. The summed E-state index contributed by atoms with van der Waals surface area (Å²) in [5.41, 5.74) is 2.26. The van der Waals surface area contributed by atoms with Crippen molar-refractivity contribution in [2.45, 2.75) is 31.8 Å². The molecule has 1 N–H and O–H groups in total. The van der Waals surface area contributed by atoms with Crippen LogP contribution in [-0.2, 0) is 14.4 Å². The first-order valence-corrected chi connectivity index (χ1v) is 9.46. The Bertz CT molecular complexity index is 972. The minimum Gasteiger partial charge on any atom is -0.324 e. The monoisotopic (exact) mass is 391 g/mol. The van der Waals surface area contributed by atoms with Crippen molar-refractivity contribution in [1.82, 2.24) is 5.01 Å². The molecule has 2 aromatic carbocycles. The molecule has 0 spiro atoms. The van der Waals surface area contributed by atoms with Gasteiger partial charge in [-0.25, -0.2) is 4.90 Å². The van der Waals surface area contributed by atoms with E-state index in [1.165, 1.54) is 5.01 Å². The molecule has 2 aliphatic heterocycles. The maximum absolute atomic E-state index is 13.0. The maximum Gasteiger partial charge on any atom is 0.263 e. The van der Waals surface area contributed by atoms with E-state index in [2.05, 4.69) is 29.5 Å². The van der Waals surface area contributed by atoms with Crippen molar-refractivity contribution in [2.75, 3.05) is 16.8 Å². The van der Waals surface area contributed by atoms with E-state index in [0.29, 0.717) is 17.3 Å². The number of fused-ring (bicyclic) bond motifs is 1. The van der Waals surface area contributed by atoms with Crippen molar-refractivity contribution in [3.05, 3.63) is 60.2 Å². The third kappa shape index (κ3) is 3.49. The van der Waals surface area contributed by atoms with E-state index in [1.807, 2.05) is 30.3 Å². The van der Waals surface area contributed by atoms with Gasteiger partial charge in [-0.1, -0.05) is 49.4 Å². The molecule has 8 nitrogen and oxygen atoms in total. The van der Waals surface area contributed by atoms with E-state index in [-0.39, 0.29) is 12.5 Å². The minimum atomic E-state index is -0.920. The first-order valence-electron chi connectivity index (χ1n) is 9.46. The molecule has 2 heterocycles. The van der Waals surface area contributed by atoms with E-state index in [0.717, 1.165) is 10.5 Å². The van der Waals surface area contributed by atoms with Crippen LogP contribution in [0, 0.1) is 0 Å². The van der Waals surface area contributed by atoms with Crippen LogP contribution in [0.2, 0.25) is 0 Å². The van der Waals surface area contributed by atoms with E-state index in [1.54, 1.807) is 24.3 Å². The first kappa shape index (κ1) is 18.8. The molecule has 0 radical (unpaired) electrons. The van der Waals surface area contributed by atoms with Gasteiger partial charge < -0.3 is 5.32 Å². The Balaban J connectivity index is 1.48. The van der Waals surface area contributed by atoms with Crippen molar-refractivity contribution < 1.29 is 14.4 Å². The first-order chi connectivity index (χ1) is 14.0. The van der Waals surface area contributed by atoms with Gasteiger partial charge in [0.25, 0.3) is 11.8 Å². The van der Waals surface area contributed by atoms with Gasteiger partial charge in [-0.2, -0.15) is 5.11 Å². The van der Waals surface area contributed by atoms with Crippen LogP contribution in [0.5, 0.6) is 0 Å². The number of imide groups is 1. The molecule has 0 aromatic heterocycles. The summed E-state index contributed by atoms with van der Waals surface area (Å²) >= 11 is 0. The number of carbonyl (C=O) groups is 3. The number of rotatable bonds is 5. The average Bonchev–Trinajstić information content (AvgIpc) is 3.22. The van der Waals surface area contributed by atoms with E-state index < -0.39 is 23.9 Å². The Kier molecular flexibility index (Phi) is 4.84. The lowest BCUT2D eigenvalue weighted by atomic mass is 10.0. The predicted molar refractivity (Wildman–Crippen MR) is 107 cm³/mol. The Morgan fingerprint density at radius 2 is 1.72 bits per heavy atom. The number of nitrogens with zero attached hydrogens (tertiary/aromatic N) is 4. The summed E-state index contributed by atoms with van der Waals surface area (Å²) < 4.78 is 0. The SMILES string of the molecule is CC(C)c1ccc(N2C(=O)[C@@H]3N=NN(CC(=O)Nc4ccccc4)[C@H]3C2=O)cc1. The number of hydrogen-bond acceptors (Lipinski definition) is 6. The number of benzene rings is 2. The van der Waals surface area contributed by atoms with Crippen molar-refractivity contribution in [3.8, 4) is 0 Å². The summed E-state index contributed by atoms with van der Waals surface area (Å²) in [6.45, 7) is 3.98. The van der Waals surface area contributed by atoms with E-state index >= 15 is 0 Å². The molecule has 0 unspecified atom stereocenters. The van der Waals surface area contributed by atoms with E-state index in [4.69, 9.17) is 0 Å². The van der Waals surface area contributed by atoms with Gasteiger partial charge in [0.15, 0.2) is 12.1 Å². The zero-order valence-electron chi connectivity index (χ0n) is 16.1. The second kappa shape index (κ2) is 7.46. The van der Waals surface area contributed by atoms with Crippen molar-refractivity contribution in [3.63, 3.8) is 0 Å². The van der Waals surface area contributed by atoms with Crippen LogP contribution in [0.25, 0.3) is 0 Å². The highest BCUT2D eigenvalue weighted by molar-refractivity contribution is 6.25. The quantitative estimate of drug-likeness (QED) is 0.793. The molecule has 2 aromatic rings. The van der Waals surface area contributed by atoms with Gasteiger partial charge in [0.2, 0.25) is 5.91 Å². The largest absolute Gasteiger partial charge is 0.324 e. The van der Waals surface area contributed by atoms with Crippen LogP contribution >= 0.6 is 0 Å². The zero-order chi connectivity index (χ0) is 20.5. The standard InChI is InChI=1S/C21H21N5O3/c1-13(2)14-8-10-16(11-9-14)26-20(28)18-19(21(26)29)25(24-23-18)12-17(27)22-15-6-4-3-5-7-15/h3-11,13,18-19H,12H2,1-2H3,(H,22,27)/t18-,19-/m1/s1. The number of amides is 3. The maximum atomic E-state index is 13.0. The number of hydrogen-bond donors (Lipinski definition) is 1. The molecular formula is C21H21N5O3. The molecule has 0 aliphatic carbocycles. The fraction of sp³-hybridized carbons (Fsp3) is 0.286. The molecule has 29 heavy (non-hydrogen) atoms. The molecule has 4 rings (SSSR count). The molecular weight excluding hydrogens is 370 g/mol. The highest BCUT2D eigenvalue weighted by Gasteiger charge is 2.55. The average molecular weight is 391 g/mol. The topological polar surface area (TPSA) is 94.4 Å². The lowest BCUT2D eigenvalue weighted by Crippen LogP contribution is -2.43. The van der Waals surface area contributed by atoms with Crippen LogP contribution in [0.15, 0.2) is 64.9 Å². The molecule has 1 fully saturated rings. The molecule has 3 amide bonds. The smallest absolute Gasteiger partial charge is 0.263 e. The van der Waals surface area contributed by atoms with Crippen LogP contribution in [0.3, 0.4) is 0 Å². The van der Waals surface area contributed by atoms with Crippen molar-refractivity contribution in [1.29, 1.82) is 0 Å². The molecule has 8 heteroatoms. The Morgan fingerprint density at radius 1 is 1.03 bits per heavy atom. The predicted octanol–water partition coefficient (Wildman–Crippen LogP) is 2.74. The fourth-order valence-corrected chi connectivity index (χ4v) is 3.49. The molecule has 148 valence electrons. The van der Waals surface area contributed by atoms with Gasteiger partial charge in [-0.3, -0.25) is 19.4 Å². The lowest BCUT2D eigenvalue weighted by molar-refractivity contribution is -0.123. The third-order valence-electron chi connectivity index (χ3n) is 5.04. The summed E-state index contributed by atoms with van der Waals surface area (Å²) in [6.07, 6.45) is 0. The van der Waals surface area contributed by atoms with Crippen LogP contribution in [0.4, 0.5) is 11.4 Å². The Labute approximate surface area is 168 Å². The molecule has 2 aliphatic rings. The number of para-hydroxylation sites is 1. The van der Waals surface area contributed by atoms with Crippen molar-refractivity contribution >= 4 is 29.1 Å². The fourth-order valence-electron chi connectivity index (χ4n) is 3.49. The van der Waals surface area contributed by atoms with Crippen LogP contribution in [0.1, 0.15) is 25.3 Å². The normalized spacial score (nSPS) is 20.5. The Hall–Kier alpha value is -3.55. The summed E-state index contributed by atoms with van der Waals surface area (Å²) in [5.74, 6) is -0.835. The summed E-state index contributed by atoms with van der Waals surface area (Å²) in [7, 11) is 0. The Morgan fingerprint density at radius 3 is 2.38 bits per heavy atom. The second-order valence-corrected chi connectivity index (χ2v) is 7.36. The van der Waals surface area contributed by atoms with Crippen molar-refractivity contribution in [2.24, 2.45) is 10.3 Å². The molecule has 2 atom stereocenters. The summed E-state index contributed by atoms with van der Waals surface area (Å²) in [6, 6.07) is 14.5. The number of nitrogens with one attached hydrogen (secondary N) is 1. The lowest BCUT2D eigenvalue weighted by Gasteiger charge is -2.20. The summed E-state index contributed by atoms with van der Waals surface area (Å²) in [4.78, 5) is 39.2. The van der Waals surface area contributed by atoms with Gasteiger partial charge >= 0.3 is 0 Å². The van der Waals surface area contributed by atoms with Gasteiger partial charge in [-0.05, 0) is 35.7 Å². The zero-order valence-corrected chi connectivity index (χ0v) is 16.1. The van der Waals surface area contributed by atoms with Crippen LogP contribution < -0.4 is 10.2 Å². The molecule has 0 saturated carbocycles. The van der Waals surface area contributed by atoms with Gasteiger partial charge in [-0.15, -0.1) is 0 Å². The van der Waals surface area contributed by atoms with Crippen LogP contribution in [-0.4, -0.2) is 41.4 Å². The van der Waals surface area contributed by atoms with Gasteiger partial charge in [0.1, 0.15) is 6.54 Å². The van der Waals surface area contributed by atoms with Gasteiger partial charge in [0, 0.05) is 5.69 Å². The number of anilines is 2. The molecule has 1 saturated heterocycles. The minimum absolute atomic E-state index is 0.168.